The van der Waals surface area contributed by atoms with Crippen LogP contribution in [0, 0.1) is 5.82 Å². The maximum absolute atomic E-state index is 13.0. The number of sulfone groups is 1. The quantitative estimate of drug-likeness (QED) is 0.915. The molecule has 3 unspecified atom stereocenters. The van der Waals surface area contributed by atoms with Gasteiger partial charge in [0.25, 0.3) is 0 Å². The van der Waals surface area contributed by atoms with Crippen LogP contribution in [0.2, 0.25) is 0 Å². The minimum absolute atomic E-state index is 0.0881. The summed E-state index contributed by atoms with van der Waals surface area (Å²) in [4.78, 5) is 2.11. The van der Waals surface area contributed by atoms with Crippen LogP contribution in [0.3, 0.4) is 0 Å². The molecule has 0 amide bonds. The molecule has 6 heteroatoms. The van der Waals surface area contributed by atoms with Gasteiger partial charge in [-0.2, -0.15) is 0 Å². The molecule has 0 bridgehead atoms. The van der Waals surface area contributed by atoms with Gasteiger partial charge in [0.1, 0.15) is 5.82 Å². The Morgan fingerprint density at radius 1 is 1.35 bits per heavy atom. The van der Waals surface area contributed by atoms with Gasteiger partial charge in [0.05, 0.1) is 11.5 Å². The summed E-state index contributed by atoms with van der Waals surface area (Å²) in [6.07, 6.45) is 0. The van der Waals surface area contributed by atoms with E-state index in [0.29, 0.717) is 6.54 Å². The summed E-state index contributed by atoms with van der Waals surface area (Å²) in [6.45, 7) is 4.26. The topological polar surface area (TPSA) is 63.4 Å². The Morgan fingerprint density at radius 3 is 2.45 bits per heavy atom. The molecule has 1 saturated heterocycles. The molecule has 2 rings (SSSR count). The van der Waals surface area contributed by atoms with Crippen molar-refractivity contribution in [1.29, 1.82) is 0 Å². The Hall–Kier alpha value is -0.980. The van der Waals surface area contributed by atoms with E-state index in [9.17, 15) is 12.8 Å². The van der Waals surface area contributed by atoms with Crippen molar-refractivity contribution < 1.29 is 12.8 Å². The van der Waals surface area contributed by atoms with E-state index in [1.165, 1.54) is 12.1 Å². The van der Waals surface area contributed by atoms with Gasteiger partial charge in [0.2, 0.25) is 0 Å². The molecule has 1 aromatic rings. The van der Waals surface area contributed by atoms with E-state index < -0.39 is 9.84 Å². The molecule has 20 heavy (non-hydrogen) atoms. The summed E-state index contributed by atoms with van der Waals surface area (Å²) in [5, 5.41) is 0. The third-order valence-electron chi connectivity index (χ3n) is 3.79. The van der Waals surface area contributed by atoms with Gasteiger partial charge in [-0.25, -0.2) is 12.8 Å². The van der Waals surface area contributed by atoms with E-state index in [0.717, 1.165) is 5.56 Å². The summed E-state index contributed by atoms with van der Waals surface area (Å²) >= 11 is 0. The van der Waals surface area contributed by atoms with Crippen LogP contribution in [0.25, 0.3) is 0 Å². The molecule has 1 heterocycles. The van der Waals surface area contributed by atoms with Crippen molar-refractivity contribution in [2.75, 3.05) is 18.1 Å². The van der Waals surface area contributed by atoms with Gasteiger partial charge in [0, 0.05) is 24.7 Å². The standard InChI is InChI=1S/C14H21FN2O2S/c1-10-9-20(18,19)8-7-17(10)14(11(2)16)12-3-5-13(15)6-4-12/h3-6,10-11,14H,7-9,16H2,1-2H3. The molecular weight excluding hydrogens is 279 g/mol. The predicted octanol–water partition coefficient (Wildman–Crippen LogP) is 1.33. The normalized spacial score (nSPS) is 26.1. The van der Waals surface area contributed by atoms with E-state index in [1.54, 1.807) is 12.1 Å². The van der Waals surface area contributed by atoms with Crippen LogP contribution in [0.1, 0.15) is 25.5 Å². The minimum Gasteiger partial charge on any atom is -0.326 e. The number of nitrogens with two attached hydrogens (primary N) is 1. The molecule has 1 fully saturated rings. The second-order valence-corrected chi connectivity index (χ2v) is 7.79. The molecule has 2 N–H and O–H groups in total. The highest BCUT2D eigenvalue weighted by molar-refractivity contribution is 7.91. The Morgan fingerprint density at radius 2 is 1.95 bits per heavy atom. The van der Waals surface area contributed by atoms with Crippen molar-refractivity contribution in [3.05, 3.63) is 35.6 Å². The van der Waals surface area contributed by atoms with Crippen molar-refractivity contribution in [2.45, 2.75) is 32.0 Å². The van der Waals surface area contributed by atoms with Gasteiger partial charge < -0.3 is 5.73 Å². The number of hydrogen-bond donors (Lipinski definition) is 1. The Balaban J connectivity index is 2.28. The fraction of sp³-hybridized carbons (Fsp3) is 0.571. The van der Waals surface area contributed by atoms with E-state index in [-0.39, 0.29) is 35.4 Å². The lowest BCUT2D eigenvalue weighted by Crippen LogP contribution is -2.52. The van der Waals surface area contributed by atoms with Crippen LogP contribution in [0.5, 0.6) is 0 Å². The molecule has 0 aromatic heterocycles. The molecular formula is C14H21FN2O2S. The first-order valence-corrected chi connectivity index (χ1v) is 8.59. The molecule has 0 saturated carbocycles. The van der Waals surface area contributed by atoms with Crippen LogP contribution in [-0.4, -0.2) is 43.5 Å². The molecule has 4 nitrogen and oxygen atoms in total. The van der Waals surface area contributed by atoms with Crippen LogP contribution in [-0.2, 0) is 9.84 Å². The average Bonchev–Trinajstić information content (AvgIpc) is 2.33. The number of halogens is 1. The summed E-state index contributed by atoms with van der Waals surface area (Å²) in [7, 11) is -2.96. The largest absolute Gasteiger partial charge is 0.326 e. The Labute approximate surface area is 119 Å². The van der Waals surface area contributed by atoms with E-state index >= 15 is 0 Å². The fourth-order valence-corrected chi connectivity index (χ4v) is 4.46. The lowest BCUT2D eigenvalue weighted by atomic mass is 9.97. The first kappa shape index (κ1) is 15.4. The van der Waals surface area contributed by atoms with Gasteiger partial charge in [-0.3, -0.25) is 4.90 Å². The molecule has 3 atom stereocenters. The zero-order valence-corrected chi connectivity index (χ0v) is 12.6. The van der Waals surface area contributed by atoms with Crippen molar-refractivity contribution in [1.82, 2.24) is 4.90 Å². The van der Waals surface area contributed by atoms with E-state index in [4.69, 9.17) is 5.73 Å². The van der Waals surface area contributed by atoms with E-state index in [2.05, 4.69) is 4.90 Å². The zero-order chi connectivity index (χ0) is 14.9. The van der Waals surface area contributed by atoms with Crippen LogP contribution in [0.15, 0.2) is 24.3 Å². The third kappa shape index (κ3) is 3.37. The van der Waals surface area contributed by atoms with Crippen molar-refractivity contribution in [3.8, 4) is 0 Å². The lowest BCUT2D eigenvalue weighted by molar-refractivity contribution is 0.140. The summed E-state index contributed by atoms with van der Waals surface area (Å²) < 4.78 is 36.4. The molecule has 1 aliphatic rings. The maximum Gasteiger partial charge on any atom is 0.153 e. The summed E-state index contributed by atoms with van der Waals surface area (Å²) in [5.41, 5.74) is 7.01. The zero-order valence-electron chi connectivity index (χ0n) is 11.8. The monoisotopic (exact) mass is 300 g/mol. The fourth-order valence-electron chi connectivity index (χ4n) is 2.88. The molecule has 1 aromatic carbocycles. The van der Waals surface area contributed by atoms with Crippen LogP contribution < -0.4 is 5.73 Å². The Bertz CT molecular complexity index is 557. The van der Waals surface area contributed by atoms with Gasteiger partial charge in [0.15, 0.2) is 9.84 Å². The number of benzene rings is 1. The highest BCUT2D eigenvalue weighted by Crippen LogP contribution is 2.28. The molecule has 0 aliphatic carbocycles. The average molecular weight is 300 g/mol. The van der Waals surface area contributed by atoms with Gasteiger partial charge in [-0.05, 0) is 31.5 Å². The number of rotatable bonds is 3. The van der Waals surface area contributed by atoms with Crippen molar-refractivity contribution >= 4 is 9.84 Å². The van der Waals surface area contributed by atoms with Gasteiger partial charge >= 0.3 is 0 Å². The SMILES string of the molecule is CC(N)C(c1ccc(F)cc1)N1CCS(=O)(=O)CC1C. The first-order chi connectivity index (χ1) is 9.30. The van der Waals surface area contributed by atoms with E-state index in [1.807, 2.05) is 13.8 Å². The summed E-state index contributed by atoms with van der Waals surface area (Å²) in [6, 6.07) is 5.92. The number of hydrogen-bond acceptors (Lipinski definition) is 4. The van der Waals surface area contributed by atoms with Crippen molar-refractivity contribution in [2.24, 2.45) is 5.73 Å². The second kappa shape index (κ2) is 5.79. The highest BCUT2D eigenvalue weighted by atomic mass is 32.2. The van der Waals surface area contributed by atoms with Crippen molar-refractivity contribution in [3.63, 3.8) is 0 Å². The highest BCUT2D eigenvalue weighted by Gasteiger charge is 2.34. The second-order valence-electron chi connectivity index (χ2n) is 5.56. The predicted molar refractivity (Wildman–Crippen MR) is 77.6 cm³/mol. The molecule has 0 spiro atoms. The summed E-state index contributed by atoms with van der Waals surface area (Å²) in [5.74, 6) is 0.0190. The van der Waals surface area contributed by atoms with Gasteiger partial charge in [-0.15, -0.1) is 0 Å². The first-order valence-electron chi connectivity index (χ1n) is 6.77. The minimum atomic E-state index is -2.96. The maximum atomic E-state index is 13.0. The molecule has 1 aliphatic heterocycles. The van der Waals surface area contributed by atoms with Crippen LogP contribution >= 0.6 is 0 Å². The van der Waals surface area contributed by atoms with Crippen LogP contribution in [0.4, 0.5) is 4.39 Å². The van der Waals surface area contributed by atoms with Gasteiger partial charge in [-0.1, -0.05) is 12.1 Å². The smallest absolute Gasteiger partial charge is 0.153 e. The molecule has 0 radical (unpaired) electrons. The number of nitrogens with zero attached hydrogens (tertiary/aromatic N) is 1. The molecule has 112 valence electrons. The Kier molecular flexibility index (Phi) is 4.46. The third-order valence-corrected chi connectivity index (χ3v) is 5.58. The lowest BCUT2D eigenvalue weighted by Gasteiger charge is -2.41.